The van der Waals surface area contributed by atoms with Crippen LogP contribution in [0.3, 0.4) is 0 Å². The average molecular weight is 252 g/mol. The first-order valence-electron chi connectivity index (χ1n) is 6.00. The molecule has 3 nitrogen and oxygen atoms in total. The second kappa shape index (κ2) is 4.05. The number of hydrogen-bond donors (Lipinski definition) is 0. The van der Waals surface area contributed by atoms with E-state index in [1.54, 1.807) is 12.1 Å². The van der Waals surface area contributed by atoms with Crippen LogP contribution >= 0.6 is 0 Å². The molecule has 0 unspecified atom stereocenters. The van der Waals surface area contributed by atoms with E-state index in [4.69, 9.17) is 4.74 Å². The quantitative estimate of drug-likeness (QED) is 0.625. The molecule has 19 heavy (non-hydrogen) atoms. The molecule has 2 aromatic rings. The summed E-state index contributed by atoms with van der Waals surface area (Å²) in [6, 6.07) is 10.9. The van der Waals surface area contributed by atoms with Crippen LogP contribution in [0.2, 0.25) is 0 Å². The van der Waals surface area contributed by atoms with Gasteiger partial charge in [-0.3, -0.25) is 4.79 Å². The summed E-state index contributed by atoms with van der Waals surface area (Å²) in [6.07, 6.45) is 0. The van der Waals surface area contributed by atoms with Crippen molar-refractivity contribution in [3.63, 3.8) is 0 Å². The number of ether oxygens (including phenoxy) is 1. The molecule has 0 atom stereocenters. The van der Waals surface area contributed by atoms with Crippen LogP contribution in [0.1, 0.15) is 31.8 Å². The molecule has 0 saturated heterocycles. The molecule has 0 saturated carbocycles. The van der Waals surface area contributed by atoms with Crippen LogP contribution < -0.4 is 0 Å². The van der Waals surface area contributed by atoms with Gasteiger partial charge in [0.2, 0.25) is 0 Å². The number of rotatable bonds is 1. The monoisotopic (exact) mass is 252 g/mol. The fourth-order valence-electron chi connectivity index (χ4n) is 2.59. The lowest BCUT2D eigenvalue weighted by Gasteiger charge is -2.06. The highest BCUT2D eigenvalue weighted by molar-refractivity contribution is 6.22. The Labute approximate surface area is 110 Å². The molecular formula is C16H12O3. The van der Waals surface area contributed by atoms with E-state index in [1.807, 2.05) is 31.2 Å². The number of esters is 1. The van der Waals surface area contributed by atoms with Crippen molar-refractivity contribution in [3.8, 4) is 11.1 Å². The molecule has 3 heteroatoms. The van der Waals surface area contributed by atoms with Crippen LogP contribution in [0.5, 0.6) is 0 Å². The van der Waals surface area contributed by atoms with Crippen molar-refractivity contribution < 1.29 is 14.3 Å². The fraction of sp³-hybridized carbons (Fsp3) is 0.125. The van der Waals surface area contributed by atoms with Crippen LogP contribution in [-0.2, 0) is 4.74 Å². The van der Waals surface area contributed by atoms with Crippen molar-refractivity contribution in [1.29, 1.82) is 0 Å². The molecule has 1 aliphatic carbocycles. The summed E-state index contributed by atoms with van der Waals surface area (Å²) in [5.41, 5.74) is 4.37. The Bertz CT molecular complexity index is 714. The van der Waals surface area contributed by atoms with E-state index < -0.39 is 0 Å². The molecule has 0 N–H and O–H groups in total. The maximum absolute atomic E-state index is 12.3. The highest BCUT2D eigenvalue weighted by atomic mass is 16.5. The third-order valence-electron chi connectivity index (χ3n) is 3.45. The molecule has 3 rings (SSSR count). The molecule has 1 aliphatic rings. The number of carbonyl (C=O) groups is 2. The number of benzene rings is 2. The number of fused-ring (bicyclic) bond motifs is 3. The molecule has 0 bridgehead atoms. The van der Waals surface area contributed by atoms with Crippen LogP contribution in [0.4, 0.5) is 0 Å². The van der Waals surface area contributed by atoms with E-state index in [0.29, 0.717) is 16.7 Å². The lowest BCUT2D eigenvalue weighted by Crippen LogP contribution is -2.04. The molecule has 0 heterocycles. The smallest absolute Gasteiger partial charge is 0.337 e. The zero-order valence-electron chi connectivity index (χ0n) is 10.7. The van der Waals surface area contributed by atoms with Crippen LogP contribution in [-0.4, -0.2) is 18.9 Å². The van der Waals surface area contributed by atoms with E-state index in [2.05, 4.69) is 0 Å². The van der Waals surface area contributed by atoms with Gasteiger partial charge in [-0.25, -0.2) is 4.79 Å². The SMILES string of the molecule is COC(=O)c1cc(C)c2c(c1)-c1ccccc1C2=O. The number of hydrogen-bond acceptors (Lipinski definition) is 3. The van der Waals surface area contributed by atoms with Gasteiger partial charge in [0, 0.05) is 11.1 Å². The molecule has 94 valence electrons. The lowest BCUT2D eigenvalue weighted by molar-refractivity contribution is 0.0600. The fourth-order valence-corrected chi connectivity index (χ4v) is 2.59. The molecule has 0 radical (unpaired) electrons. The first-order valence-corrected chi connectivity index (χ1v) is 6.00. The highest BCUT2D eigenvalue weighted by Crippen LogP contribution is 2.38. The third kappa shape index (κ3) is 1.58. The summed E-state index contributed by atoms with van der Waals surface area (Å²) < 4.78 is 4.74. The van der Waals surface area contributed by atoms with Crippen LogP contribution in [0.15, 0.2) is 36.4 Å². The molecule has 2 aromatic carbocycles. The maximum atomic E-state index is 12.3. The predicted molar refractivity (Wildman–Crippen MR) is 71.4 cm³/mol. The first kappa shape index (κ1) is 11.7. The zero-order chi connectivity index (χ0) is 13.6. The normalized spacial score (nSPS) is 12.0. The summed E-state index contributed by atoms with van der Waals surface area (Å²) in [5, 5.41) is 0. The summed E-state index contributed by atoms with van der Waals surface area (Å²) in [7, 11) is 1.35. The standard InChI is InChI=1S/C16H12O3/c1-9-7-10(16(18)19-2)8-13-11-5-3-4-6-12(11)15(17)14(9)13/h3-8H,1-2H3. The van der Waals surface area contributed by atoms with E-state index in [9.17, 15) is 9.59 Å². The number of methoxy groups -OCH3 is 1. The number of carbonyl (C=O) groups excluding carboxylic acids is 2. The topological polar surface area (TPSA) is 43.4 Å². The highest BCUT2D eigenvalue weighted by Gasteiger charge is 2.29. The number of ketones is 1. The van der Waals surface area contributed by atoms with Crippen molar-refractivity contribution in [1.82, 2.24) is 0 Å². The van der Waals surface area contributed by atoms with Crippen molar-refractivity contribution >= 4 is 11.8 Å². The van der Waals surface area contributed by atoms with Gasteiger partial charge in [0.05, 0.1) is 12.7 Å². The van der Waals surface area contributed by atoms with Crippen molar-refractivity contribution in [2.75, 3.05) is 7.11 Å². The number of aryl methyl sites for hydroxylation is 1. The Balaban J connectivity index is 2.30. The van der Waals surface area contributed by atoms with E-state index in [-0.39, 0.29) is 11.8 Å². The predicted octanol–water partition coefficient (Wildman–Crippen LogP) is 2.99. The van der Waals surface area contributed by atoms with Gasteiger partial charge in [-0.05, 0) is 35.7 Å². The van der Waals surface area contributed by atoms with Gasteiger partial charge in [0.25, 0.3) is 0 Å². The molecule has 0 amide bonds. The lowest BCUT2D eigenvalue weighted by atomic mass is 9.98. The van der Waals surface area contributed by atoms with Gasteiger partial charge in [0.15, 0.2) is 5.78 Å². The third-order valence-corrected chi connectivity index (χ3v) is 3.45. The molecule has 0 fully saturated rings. The Morgan fingerprint density at radius 1 is 1.05 bits per heavy atom. The van der Waals surface area contributed by atoms with Crippen molar-refractivity contribution in [2.45, 2.75) is 6.92 Å². The van der Waals surface area contributed by atoms with Gasteiger partial charge in [-0.2, -0.15) is 0 Å². The first-order chi connectivity index (χ1) is 9.13. The summed E-state index contributed by atoms with van der Waals surface area (Å²) in [5.74, 6) is -0.359. The summed E-state index contributed by atoms with van der Waals surface area (Å²) >= 11 is 0. The van der Waals surface area contributed by atoms with Crippen molar-refractivity contribution in [3.05, 3.63) is 58.7 Å². The van der Waals surface area contributed by atoms with Gasteiger partial charge < -0.3 is 4.74 Å². The largest absolute Gasteiger partial charge is 0.465 e. The summed E-state index contributed by atoms with van der Waals surface area (Å²) in [6.45, 7) is 1.84. The van der Waals surface area contributed by atoms with Gasteiger partial charge in [-0.1, -0.05) is 24.3 Å². The van der Waals surface area contributed by atoms with Crippen LogP contribution in [0, 0.1) is 6.92 Å². The van der Waals surface area contributed by atoms with Gasteiger partial charge >= 0.3 is 5.97 Å². The van der Waals surface area contributed by atoms with Crippen LogP contribution in [0.25, 0.3) is 11.1 Å². The van der Waals surface area contributed by atoms with Crippen molar-refractivity contribution in [2.24, 2.45) is 0 Å². The van der Waals surface area contributed by atoms with E-state index in [1.165, 1.54) is 7.11 Å². The summed E-state index contributed by atoms with van der Waals surface area (Å²) in [4.78, 5) is 24.0. The second-order valence-corrected chi connectivity index (χ2v) is 4.58. The van der Waals surface area contributed by atoms with Gasteiger partial charge in [0.1, 0.15) is 0 Å². The minimum atomic E-state index is -0.386. The molecular weight excluding hydrogens is 240 g/mol. The molecule has 0 aliphatic heterocycles. The minimum Gasteiger partial charge on any atom is -0.465 e. The zero-order valence-corrected chi connectivity index (χ0v) is 10.7. The van der Waals surface area contributed by atoms with E-state index in [0.717, 1.165) is 16.7 Å². The molecule has 0 spiro atoms. The Morgan fingerprint density at radius 3 is 2.42 bits per heavy atom. The Morgan fingerprint density at radius 2 is 1.74 bits per heavy atom. The average Bonchev–Trinajstić information content (AvgIpc) is 2.72. The Kier molecular flexibility index (Phi) is 2.49. The van der Waals surface area contributed by atoms with E-state index >= 15 is 0 Å². The minimum absolute atomic E-state index is 0.0273. The molecule has 0 aromatic heterocycles. The second-order valence-electron chi connectivity index (χ2n) is 4.58. The van der Waals surface area contributed by atoms with Gasteiger partial charge in [-0.15, -0.1) is 0 Å². The maximum Gasteiger partial charge on any atom is 0.337 e. The Hall–Kier alpha value is -2.42.